The predicted octanol–water partition coefficient (Wildman–Crippen LogP) is 5.12. The summed E-state index contributed by atoms with van der Waals surface area (Å²) >= 11 is 15.7. The molecule has 1 fully saturated rings. The van der Waals surface area contributed by atoms with Gasteiger partial charge in [0.2, 0.25) is 0 Å². The Morgan fingerprint density at radius 2 is 1.95 bits per heavy atom. The molecular weight excluding hydrogens is 359 g/mol. The van der Waals surface area contributed by atoms with Crippen LogP contribution in [0.15, 0.2) is 36.4 Å². The highest BCUT2D eigenvalue weighted by molar-refractivity contribution is 8.19. The van der Waals surface area contributed by atoms with Crippen molar-refractivity contribution in [2.45, 2.75) is 4.58 Å². The Balaban J connectivity index is 1.79. The molecule has 0 saturated carbocycles. The Hall–Kier alpha value is -0.880. The summed E-state index contributed by atoms with van der Waals surface area (Å²) in [5.41, 5.74) is 2.06. The van der Waals surface area contributed by atoms with Crippen LogP contribution in [0.2, 0.25) is 10.2 Å². The minimum atomic E-state index is -0.364. The van der Waals surface area contributed by atoms with Crippen molar-refractivity contribution in [3.8, 4) is 0 Å². The summed E-state index contributed by atoms with van der Waals surface area (Å²) in [6.07, 6.45) is 0. The molecule has 114 valence electrons. The number of carbonyl (C=O) groups excluding carboxylic acids is 1. The van der Waals surface area contributed by atoms with Crippen LogP contribution < -0.4 is 5.32 Å². The van der Waals surface area contributed by atoms with Crippen LogP contribution in [0.5, 0.6) is 0 Å². The molecule has 2 heterocycles. The SMILES string of the molecule is O=C(Nc1cccc(C2SCCS2)c1)c1nc(Cl)ccc1Cl. The first-order valence-corrected chi connectivity index (χ1v) is 9.45. The molecule has 0 atom stereocenters. The van der Waals surface area contributed by atoms with Crippen molar-refractivity contribution in [3.05, 3.63) is 57.8 Å². The molecule has 1 aromatic heterocycles. The molecule has 3 nitrogen and oxygen atoms in total. The van der Waals surface area contributed by atoms with Crippen molar-refractivity contribution in [2.24, 2.45) is 0 Å². The Labute approximate surface area is 147 Å². The van der Waals surface area contributed by atoms with Crippen molar-refractivity contribution in [2.75, 3.05) is 16.8 Å². The van der Waals surface area contributed by atoms with Gasteiger partial charge < -0.3 is 5.32 Å². The average molecular weight is 371 g/mol. The van der Waals surface area contributed by atoms with E-state index in [1.807, 2.05) is 41.7 Å². The quantitative estimate of drug-likeness (QED) is 0.761. The fourth-order valence-electron chi connectivity index (χ4n) is 2.08. The number of carbonyl (C=O) groups is 1. The Bertz CT molecular complexity index is 706. The minimum Gasteiger partial charge on any atom is -0.321 e. The van der Waals surface area contributed by atoms with Gasteiger partial charge in [0.25, 0.3) is 5.91 Å². The molecule has 1 saturated heterocycles. The summed E-state index contributed by atoms with van der Waals surface area (Å²) in [7, 11) is 0. The van der Waals surface area contributed by atoms with Gasteiger partial charge in [-0.15, -0.1) is 23.5 Å². The van der Waals surface area contributed by atoms with E-state index >= 15 is 0 Å². The second-order valence-corrected chi connectivity index (χ2v) is 8.14. The van der Waals surface area contributed by atoms with E-state index in [2.05, 4.69) is 16.4 Å². The van der Waals surface area contributed by atoms with Gasteiger partial charge in [-0.3, -0.25) is 4.79 Å². The van der Waals surface area contributed by atoms with E-state index in [-0.39, 0.29) is 21.8 Å². The van der Waals surface area contributed by atoms with Crippen LogP contribution in [-0.4, -0.2) is 22.4 Å². The summed E-state index contributed by atoms with van der Waals surface area (Å²) in [6, 6.07) is 11.0. The highest BCUT2D eigenvalue weighted by atomic mass is 35.5. The van der Waals surface area contributed by atoms with E-state index in [0.29, 0.717) is 4.58 Å². The molecule has 7 heteroatoms. The van der Waals surface area contributed by atoms with E-state index in [1.165, 1.54) is 5.56 Å². The van der Waals surface area contributed by atoms with E-state index in [0.717, 1.165) is 17.2 Å². The lowest BCUT2D eigenvalue weighted by atomic mass is 10.2. The number of rotatable bonds is 3. The Kier molecular flexibility index (Phi) is 5.18. The molecule has 3 rings (SSSR count). The fourth-order valence-corrected chi connectivity index (χ4v) is 5.26. The van der Waals surface area contributed by atoms with Crippen LogP contribution in [0.25, 0.3) is 0 Å². The van der Waals surface area contributed by atoms with Crippen molar-refractivity contribution >= 4 is 58.3 Å². The number of hydrogen-bond donors (Lipinski definition) is 1. The van der Waals surface area contributed by atoms with Gasteiger partial charge in [-0.2, -0.15) is 0 Å². The largest absolute Gasteiger partial charge is 0.321 e. The first-order valence-electron chi connectivity index (χ1n) is 6.60. The zero-order valence-electron chi connectivity index (χ0n) is 11.4. The molecule has 0 unspecified atom stereocenters. The normalized spacial score (nSPS) is 15.0. The van der Waals surface area contributed by atoms with Gasteiger partial charge >= 0.3 is 0 Å². The van der Waals surface area contributed by atoms with Crippen molar-refractivity contribution in [3.63, 3.8) is 0 Å². The van der Waals surface area contributed by atoms with Gasteiger partial charge in [-0.05, 0) is 29.8 Å². The molecule has 1 aliphatic heterocycles. The van der Waals surface area contributed by atoms with Gasteiger partial charge in [0, 0.05) is 17.2 Å². The number of hydrogen-bond acceptors (Lipinski definition) is 4. The maximum absolute atomic E-state index is 12.3. The molecule has 22 heavy (non-hydrogen) atoms. The average Bonchev–Trinajstić information content (AvgIpc) is 3.04. The Morgan fingerprint density at radius 3 is 2.73 bits per heavy atom. The first kappa shape index (κ1) is 16.0. The van der Waals surface area contributed by atoms with Gasteiger partial charge in [0.15, 0.2) is 0 Å². The van der Waals surface area contributed by atoms with Gasteiger partial charge in [-0.25, -0.2) is 4.98 Å². The van der Waals surface area contributed by atoms with Crippen molar-refractivity contribution < 1.29 is 4.79 Å². The molecule has 0 bridgehead atoms. The van der Waals surface area contributed by atoms with E-state index in [1.54, 1.807) is 12.1 Å². The number of amides is 1. The van der Waals surface area contributed by atoms with E-state index < -0.39 is 0 Å². The van der Waals surface area contributed by atoms with E-state index in [9.17, 15) is 4.79 Å². The van der Waals surface area contributed by atoms with Crippen molar-refractivity contribution in [1.29, 1.82) is 0 Å². The lowest BCUT2D eigenvalue weighted by molar-refractivity contribution is 0.102. The number of thioether (sulfide) groups is 2. The summed E-state index contributed by atoms with van der Waals surface area (Å²) in [4.78, 5) is 16.3. The lowest BCUT2D eigenvalue weighted by Gasteiger charge is -2.11. The monoisotopic (exact) mass is 370 g/mol. The Morgan fingerprint density at radius 1 is 1.18 bits per heavy atom. The fraction of sp³-hybridized carbons (Fsp3) is 0.200. The van der Waals surface area contributed by atoms with Crippen molar-refractivity contribution in [1.82, 2.24) is 4.98 Å². The number of anilines is 1. The third-order valence-corrected chi connectivity index (χ3v) is 6.69. The van der Waals surface area contributed by atoms with E-state index in [4.69, 9.17) is 23.2 Å². The second-order valence-electron chi connectivity index (χ2n) is 4.62. The molecule has 0 spiro atoms. The van der Waals surface area contributed by atoms with Gasteiger partial charge in [-0.1, -0.05) is 35.3 Å². The number of nitrogens with zero attached hydrogens (tertiary/aromatic N) is 1. The van der Waals surface area contributed by atoms with Gasteiger partial charge in [0.1, 0.15) is 10.8 Å². The molecule has 1 aliphatic rings. The number of benzene rings is 1. The van der Waals surface area contributed by atoms with Crippen LogP contribution in [0, 0.1) is 0 Å². The summed E-state index contributed by atoms with van der Waals surface area (Å²) < 4.78 is 0.435. The first-order chi connectivity index (χ1) is 10.6. The maximum atomic E-state index is 12.3. The molecule has 0 radical (unpaired) electrons. The molecule has 1 amide bonds. The number of halogens is 2. The summed E-state index contributed by atoms with van der Waals surface area (Å²) in [5.74, 6) is 1.96. The van der Waals surface area contributed by atoms with Crippen LogP contribution >= 0.6 is 46.7 Å². The molecule has 1 N–H and O–H groups in total. The van der Waals surface area contributed by atoms with Crippen LogP contribution in [0.3, 0.4) is 0 Å². The standard InChI is InChI=1S/C15H12Cl2N2OS2/c16-11-4-5-12(17)19-13(11)14(20)18-10-3-1-2-9(8-10)15-21-6-7-22-15/h1-5,8,15H,6-7H2,(H,18,20). The number of nitrogens with one attached hydrogen (secondary N) is 1. The molecule has 0 aliphatic carbocycles. The minimum absolute atomic E-state index is 0.129. The topological polar surface area (TPSA) is 42.0 Å². The number of aromatic nitrogens is 1. The highest BCUT2D eigenvalue weighted by Crippen LogP contribution is 2.45. The lowest BCUT2D eigenvalue weighted by Crippen LogP contribution is -2.14. The summed E-state index contributed by atoms with van der Waals surface area (Å²) in [6.45, 7) is 0. The third-order valence-electron chi connectivity index (χ3n) is 3.07. The van der Waals surface area contributed by atoms with Gasteiger partial charge in [0.05, 0.1) is 9.60 Å². The maximum Gasteiger partial charge on any atom is 0.275 e. The summed E-state index contributed by atoms with van der Waals surface area (Å²) in [5, 5.41) is 3.34. The van der Waals surface area contributed by atoms with Crippen LogP contribution in [0.4, 0.5) is 5.69 Å². The highest BCUT2D eigenvalue weighted by Gasteiger charge is 2.19. The molecular formula is C15H12Cl2N2OS2. The number of pyridine rings is 1. The zero-order valence-corrected chi connectivity index (χ0v) is 14.5. The van der Waals surface area contributed by atoms with Crippen LogP contribution in [0.1, 0.15) is 20.6 Å². The molecule has 1 aromatic carbocycles. The van der Waals surface area contributed by atoms with Crippen LogP contribution in [-0.2, 0) is 0 Å². The smallest absolute Gasteiger partial charge is 0.275 e. The second kappa shape index (κ2) is 7.13. The molecule has 2 aromatic rings. The zero-order chi connectivity index (χ0) is 15.5. The predicted molar refractivity (Wildman–Crippen MR) is 96.3 cm³/mol. The third kappa shape index (κ3) is 3.71.